The van der Waals surface area contributed by atoms with Gasteiger partial charge >= 0.3 is 0 Å². The van der Waals surface area contributed by atoms with Gasteiger partial charge in [-0.05, 0) is 44.2 Å². The van der Waals surface area contributed by atoms with Gasteiger partial charge in [-0.15, -0.1) is 12.4 Å². The van der Waals surface area contributed by atoms with Crippen LogP contribution in [0.15, 0.2) is 54.7 Å². The number of aromatic nitrogens is 2. The van der Waals surface area contributed by atoms with Gasteiger partial charge in [-0.3, -0.25) is 4.79 Å². The average Bonchev–Trinajstić information content (AvgIpc) is 3.38. The molecule has 0 bridgehead atoms. The van der Waals surface area contributed by atoms with Crippen molar-refractivity contribution in [2.24, 2.45) is 0 Å². The van der Waals surface area contributed by atoms with Gasteiger partial charge < -0.3 is 15.4 Å². The Labute approximate surface area is 176 Å². The lowest BCUT2D eigenvalue weighted by molar-refractivity contribution is 0.0940. The molecule has 0 radical (unpaired) electrons. The lowest BCUT2D eigenvalue weighted by atomic mass is 10.1. The molecule has 6 nitrogen and oxygen atoms in total. The molecule has 152 valence electrons. The maximum atomic E-state index is 13.0. The molecule has 2 aromatic carbocycles. The Bertz CT molecular complexity index is 979. The highest BCUT2D eigenvalue weighted by molar-refractivity contribution is 6.00. The molecule has 3 aromatic rings. The standard InChI is InChI=1S/C22H24N4O2.ClH/c1-15-6-8-18(9-7-15)26-14-20(22(27)24-17-10-11-23-13-17)21(25-26)16-4-3-5-19(12-16)28-2;/h3-9,12,14,17,23H,10-11,13H2,1-2H3,(H,24,27);1H. The summed E-state index contributed by atoms with van der Waals surface area (Å²) in [6, 6.07) is 15.8. The van der Waals surface area contributed by atoms with Crippen molar-refractivity contribution in [2.45, 2.75) is 19.4 Å². The average molecular weight is 413 g/mol. The number of halogens is 1. The second kappa shape index (κ2) is 9.11. The third kappa shape index (κ3) is 4.60. The Morgan fingerprint density at radius 2 is 2.03 bits per heavy atom. The monoisotopic (exact) mass is 412 g/mol. The SMILES string of the molecule is COc1cccc(-c2nn(-c3ccc(C)cc3)cc2C(=O)NC2CCNC2)c1.Cl. The summed E-state index contributed by atoms with van der Waals surface area (Å²) in [5.74, 6) is 0.624. The van der Waals surface area contributed by atoms with Crippen molar-refractivity contribution < 1.29 is 9.53 Å². The first-order valence-corrected chi connectivity index (χ1v) is 9.47. The van der Waals surface area contributed by atoms with Crippen LogP contribution in [-0.2, 0) is 0 Å². The number of methoxy groups -OCH3 is 1. The maximum absolute atomic E-state index is 13.0. The van der Waals surface area contributed by atoms with Gasteiger partial charge in [0.15, 0.2) is 0 Å². The number of rotatable bonds is 5. The van der Waals surface area contributed by atoms with Crippen LogP contribution < -0.4 is 15.4 Å². The molecule has 1 aliphatic heterocycles. The van der Waals surface area contributed by atoms with E-state index in [1.54, 1.807) is 18.0 Å². The first kappa shape index (κ1) is 20.9. The van der Waals surface area contributed by atoms with E-state index in [0.717, 1.165) is 36.5 Å². The number of amides is 1. The lowest BCUT2D eigenvalue weighted by Crippen LogP contribution is -2.36. The minimum atomic E-state index is -0.107. The van der Waals surface area contributed by atoms with E-state index in [4.69, 9.17) is 9.84 Å². The Morgan fingerprint density at radius 1 is 1.24 bits per heavy atom. The molecule has 1 aliphatic rings. The van der Waals surface area contributed by atoms with Crippen LogP contribution in [0.1, 0.15) is 22.3 Å². The van der Waals surface area contributed by atoms with E-state index in [2.05, 4.69) is 10.6 Å². The van der Waals surface area contributed by atoms with Crippen molar-refractivity contribution in [3.05, 3.63) is 65.9 Å². The van der Waals surface area contributed by atoms with E-state index in [9.17, 15) is 4.79 Å². The molecule has 4 rings (SSSR count). The molecule has 1 saturated heterocycles. The summed E-state index contributed by atoms with van der Waals surface area (Å²) in [5.41, 5.74) is 4.13. The quantitative estimate of drug-likeness (QED) is 0.674. The van der Waals surface area contributed by atoms with Crippen LogP contribution in [0.5, 0.6) is 5.75 Å². The van der Waals surface area contributed by atoms with Crippen molar-refractivity contribution >= 4 is 18.3 Å². The van der Waals surface area contributed by atoms with Crippen molar-refractivity contribution in [1.82, 2.24) is 20.4 Å². The molecular formula is C22H25ClN4O2. The number of ether oxygens (including phenoxy) is 1. The molecular weight excluding hydrogens is 388 g/mol. The van der Waals surface area contributed by atoms with Crippen molar-refractivity contribution in [3.63, 3.8) is 0 Å². The van der Waals surface area contributed by atoms with E-state index in [-0.39, 0.29) is 24.4 Å². The van der Waals surface area contributed by atoms with Crippen LogP contribution in [0, 0.1) is 6.92 Å². The van der Waals surface area contributed by atoms with Gasteiger partial charge in [0, 0.05) is 24.3 Å². The molecule has 1 atom stereocenters. The fourth-order valence-corrected chi connectivity index (χ4v) is 3.39. The third-order valence-electron chi connectivity index (χ3n) is 5.00. The zero-order chi connectivity index (χ0) is 19.5. The molecule has 0 aliphatic carbocycles. The van der Waals surface area contributed by atoms with Gasteiger partial charge in [0.25, 0.3) is 5.91 Å². The summed E-state index contributed by atoms with van der Waals surface area (Å²) in [4.78, 5) is 13.0. The van der Waals surface area contributed by atoms with E-state index >= 15 is 0 Å². The first-order valence-electron chi connectivity index (χ1n) is 9.47. The van der Waals surface area contributed by atoms with Crippen LogP contribution in [0.4, 0.5) is 0 Å². The number of hydrogen-bond donors (Lipinski definition) is 2. The zero-order valence-corrected chi connectivity index (χ0v) is 17.3. The number of benzene rings is 2. The highest BCUT2D eigenvalue weighted by Crippen LogP contribution is 2.27. The van der Waals surface area contributed by atoms with E-state index < -0.39 is 0 Å². The topological polar surface area (TPSA) is 68.2 Å². The second-order valence-corrected chi connectivity index (χ2v) is 7.07. The van der Waals surface area contributed by atoms with Crippen LogP contribution >= 0.6 is 12.4 Å². The Hall–Kier alpha value is -2.83. The number of nitrogens with zero attached hydrogens (tertiary/aromatic N) is 2. The van der Waals surface area contributed by atoms with Gasteiger partial charge in [0.1, 0.15) is 11.4 Å². The number of nitrogens with one attached hydrogen (secondary N) is 2. The molecule has 1 amide bonds. The predicted molar refractivity (Wildman–Crippen MR) is 116 cm³/mol. The predicted octanol–water partition coefficient (Wildman–Crippen LogP) is 3.37. The number of carbonyl (C=O) groups is 1. The smallest absolute Gasteiger partial charge is 0.255 e. The first-order chi connectivity index (χ1) is 13.6. The summed E-state index contributed by atoms with van der Waals surface area (Å²) < 4.78 is 7.11. The molecule has 2 N–H and O–H groups in total. The van der Waals surface area contributed by atoms with Gasteiger partial charge in [-0.25, -0.2) is 4.68 Å². The summed E-state index contributed by atoms with van der Waals surface area (Å²) >= 11 is 0. The Balaban J connectivity index is 0.00000240. The molecule has 2 heterocycles. The zero-order valence-electron chi connectivity index (χ0n) is 16.5. The summed E-state index contributed by atoms with van der Waals surface area (Å²) in [6.07, 6.45) is 2.74. The molecule has 29 heavy (non-hydrogen) atoms. The van der Waals surface area contributed by atoms with Crippen LogP contribution in [0.2, 0.25) is 0 Å². The third-order valence-corrected chi connectivity index (χ3v) is 5.00. The van der Waals surface area contributed by atoms with Crippen LogP contribution in [0.3, 0.4) is 0 Å². The van der Waals surface area contributed by atoms with E-state index in [0.29, 0.717) is 11.3 Å². The van der Waals surface area contributed by atoms with Crippen molar-refractivity contribution in [3.8, 4) is 22.7 Å². The fourth-order valence-electron chi connectivity index (χ4n) is 3.39. The maximum Gasteiger partial charge on any atom is 0.255 e. The minimum absolute atomic E-state index is 0. The summed E-state index contributed by atoms with van der Waals surface area (Å²) in [6.45, 7) is 3.77. The Morgan fingerprint density at radius 3 is 2.72 bits per heavy atom. The number of carbonyl (C=O) groups excluding carboxylic acids is 1. The minimum Gasteiger partial charge on any atom is -0.497 e. The van der Waals surface area contributed by atoms with Gasteiger partial charge in [0.2, 0.25) is 0 Å². The number of hydrogen-bond acceptors (Lipinski definition) is 4. The lowest BCUT2D eigenvalue weighted by Gasteiger charge is -2.11. The van der Waals surface area contributed by atoms with E-state index in [1.165, 1.54) is 5.56 Å². The van der Waals surface area contributed by atoms with E-state index in [1.807, 2.05) is 55.5 Å². The molecule has 1 unspecified atom stereocenters. The largest absolute Gasteiger partial charge is 0.497 e. The number of aryl methyl sites for hydroxylation is 1. The van der Waals surface area contributed by atoms with Gasteiger partial charge in [-0.1, -0.05) is 29.8 Å². The van der Waals surface area contributed by atoms with Crippen molar-refractivity contribution in [1.29, 1.82) is 0 Å². The molecule has 7 heteroatoms. The fraction of sp³-hybridized carbons (Fsp3) is 0.273. The normalized spacial score (nSPS) is 15.6. The molecule has 1 aromatic heterocycles. The van der Waals surface area contributed by atoms with Crippen LogP contribution in [0.25, 0.3) is 16.9 Å². The molecule has 0 spiro atoms. The van der Waals surface area contributed by atoms with Gasteiger partial charge in [-0.2, -0.15) is 5.10 Å². The highest BCUT2D eigenvalue weighted by Gasteiger charge is 2.23. The molecule has 1 fully saturated rings. The second-order valence-electron chi connectivity index (χ2n) is 7.07. The summed E-state index contributed by atoms with van der Waals surface area (Å²) in [5, 5.41) is 11.1. The van der Waals surface area contributed by atoms with Crippen LogP contribution in [-0.4, -0.2) is 41.9 Å². The molecule has 0 saturated carbocycles. The highest BCUT2D eigenvalue weighted by atomic mass is 35.5. The van der Waals surface area contributed by atoms with Crippen molar-refractivity contribution in [2.75, 3.05) is 20.2 Å². The van der Waals surface area contributed by atoms with Gasteiger partial charge in [0.05, 0.1) is 18.4 Å². The summed E-state index contributed by atoms with van der Waals surface area (Å²) in [7, 11) is 1.63. The Kier molecular flexibility index (Phi) is 6.56.